The number of rotatable bonds is 3. The summed E-state index contributed by atoms with van der Waals surface area (Å²) in [5.41, 5.74) is -1.51. The van der Waals surface area contributed by atoms with Crippen molar-refractivity contribution in [2.45, 2.75) is 72.6 Å². The Morgan fingerprint density at radius 1 is 1.04 bits per heavy atom. The van der Waals surface area contributed by atoms with Crippen LogP contribution in [0.3, 0.4) is 0 Å². The van der Waals surface area contributed by atoms with Gasteiger partial charge < -0.3 is 24.4 Å². The molecule has 1 aliphatic rings. The van der Waals surface area contributed by atoms with Crippen LogP contribution in [0.15, 0.2) is 0 Å². The standard InChI is InChI=1S/C16H28O7/c1-15(2,3)13(19)22-10-7-9(8-17)21-12(18)11(10)23-14(20)16(4,5)6/h9-12,17-18H,7-8H2,1-6H3/t9-,10-,11-,12-/m0/s1. The minimum Gasteiger partial charge on any atom is -0.458 e. The van der Waals surface area contributed by atoms with Crippen LogP contribution in [-0.2, 0) is 23.8 Å². The summed E-state index contributed by atoms with van der Waals surface area (Å²) >= 11 is 0. The Balaban J connectivity index is 2.93. The molecule has 0 aromatic carbocycles. The van der Waals surface area contributed by atoms with Crippen molar-refractivity contribution in [3.63, 3.8) is 0 Å². The number of carbonyl (C=O) groups is 2. The van der Waals surface area contributed by atoms with Crippen molar-refractivity contribution in [3.8, 4) is 0 Å². The molecule has 1 rings (SSSR count). The fraction of sp³-hybridized carbons (Fsp3) is 0.875. The number of hydrogen-bond acceptors (Lipinski definition) is 7. The average molecular weight is 332 g/mol. The lowest BCUT2D eigenvalue weighted by molar-refractivity contribution is -0.267. The number of hydrogen-bond donors (Lipinski definition) is 2. The van der Waals surface area contributed by atoms with Crippen LogP contribution in [0.1, 0.15) is 48.0 Å². The summed E-state index contributed by atoms with van der Waals surface area (Å²) in [6, 6.07) is 0. The van der Waals surface area contributed by atoms with E-state index in [4.69, 9.17) is 14.2 Å². The van der Waals surface area contributed by atoms with Crippen molar-refractivity contribution in [2.24, 2.45) is 10.8 Å². The maximum absolute atomic E-state index is 12.1. The van der Waals surface area contributed by atoms with Gasteiger partial charge in [-0.3, -0.25) is 9.59 Å². The quantitative estimate of drug-likeness (QED) is 0.743. The third kappa shape index (κ3) is 5.44. The maximum Gasteiger partial charge on any atom is 0.311 e. The fourth-order valence-electron chi connectivity index (χ4n) is 1.89. The zero-order valence-electron chi connectivity index (χ0n) is 14.7. The molecule has 7 heteroatoms. The molecule has 134 valence electrons. The normalized spacial score (nSPS) is 29.0. The van der Waals surface area contributed by atoms with Gasteiger partial charge in [-0.1, -0.05) is 0 Å². The summed E-state index contributed by atoms with van der Waals surface area (Å²) in [5.74, 6) is -1.02. The smallest absolute Gasteiger partial charge is 0.311 e. The molecule has 2 N–H and O–H groups in total. The van der Waals surface area contributed by atoms with Gasteiger partial charge >= 0.3 is 11.9 Å². The van der Waals surface area contributed by atoms with E-state index >= 15 is 0 Å². The zero-order chi connectivity index (χ0) is 18.0. The first-order valence-electron chi connectivity index (χ1n) is 7.73. The number of carbonyl (C=O) groups excluding carboxylic acids is 2. The van der Waals surface area contributed by atoms with Crippen molar-refractivity contribution in [3.05, 3.63) is 0 Å². The summed E-state index contributed by atoms with van der Waals surface area (Å²) in [6.07, 6.45) is -4.03. The van der Waals surface area contributed by atoms with Gasteiger partial charge in [0.25, 0.3) is 0 Å². The highest BCUT2D eigenvalue weighted by molar-refractivity contribution is 5.76. The molecule has 0 unspecified atom stereocenters. The second-order valence-electron chi connectivity index (χ2n) is 7.88. The summed E-state index contributed by atoms with van der Waals surface area (Å²) in [7, 11) is 0. The molecule has 1 aliphatic heterocycles. The fourth-order valence-corrected chi connectivity index (χ4v) is 1.89. The Labute approximate surface area is 136 Å². The number of esters is 2. The summed E-state index contributed by atoms with van der Waals surface area (Å²) in [4.78, 5) is 24.2. The predicted octanol–water partition coefficient (Wildman–Crippen LogP) is 1.00. The highest BCUT2D eigenvalue weighted by atomic mass is 16.7. The van der Waals surface area contributed by atoms with E-state index in [2.05, 4.69) is 0 Å². The molecule has 7 nitrogen and oxygen atoms in total. The SMILES string of the molecule is CC(C)(C)C(=O)O[C@H]1[C@@H](OC(=O)C(C)(C)C)C[C@@H](CO)O[C@@H]1O. The number of ether oxygens (including phenoxy) is 3. The Morgan fingerprint density at radius 2 is 1.52 bits per heavy atom. The van der Waals surface area contributed by atoms with E-state index in [0.717, 1.165) is 0 Å². The van der Waals surface area contributed by atoms with Crippen LogP contribution >= 0.6 is 0 Å². The largest absolute Gasteiger partial charge is 0.458 e. The molecule has 0 amide bonds. The molecule has 0 aromatic rings. The molecule has 0 spiro atoms. The molecule has 0 radical (unpaired) electrons. The molecule has 1 heterocycles. The third-order valence-electron chi connectivity index (χ3n) is 3.40. The molecule has 0 aromatic heterocycles. The topological polar surface area (TPSA) is 102 Å². The van der Waals surface area contributed by atoms with Gasteiger partial charge in [0, 0.05) is 6.42 Å². The molecule has 0 saturated carbocycles. The molecule has 0 aliphatic carbocycles. The maximum atomic E-state index is 12.1. The van der Waals surface area contributed by atoms with Crippen molar-refractivity contribution in [1.29, 1.82) is 0 Å². The second-order valence-corrected chi connectivity index (χ2v) is 7.88. The van der Waals surface area contributed by atoms with Crippen LogP contribution in [0.4, 0.5) is 0 Å². The van der Waals surface area contributed by atoms with Crippen LogP contribution in [0, 0.1) is 10.8 Å². The van der Waals surface area contributed by atoms with Crippen molar-refractivity contribution in [1.82, 2.24) is 0 Å². The first kappa shape index (κ1) is 19.9. The van der Waals surface area contributed by atoms with Crippen molar-refractivity contribution >= 4 is 11.9 Å². The monoisotopic (exact) mass is 332 g/mol. The van der Waals surface area contributed by atoms with Crippen LogP contribution in [0.25, 0.3) is 0 Å². The Kier molecular flexibility index (Phi) is 6.18. The van der Waals surface area contributed by atoms with Crippen LogP contribution < -0.4 is 0 Å². The van der Waals surface area contributed by atoms with E-state index in [0.29, 0.717) is 0 Å². The Bertz CT molecular complexity index is 433. The van der Waals surface area contributed by atoms with E-state index in [1.807, 2.05) is 0 Å². The van der Waals surface area contributed by atoms with E-state index in [9.17, 15) is 19.8 Å². The minimum absolute atomic E-state index is 0.136. The minimum atomic E-state index is -1.47. The van der Waals surface area contributed by atoms with Gasteiger partial charge in [-0.05, 0) is 41.5 Å². The molecular formula is C16H28O7. The number of aliphatic hydroxyl groups excluding tert-OH is 2. The average Bonchev–Trinajstić information content (AvgIpc) is 2.39. The summed E-state index contributed by atoms with van der Waals surface area (Å²) < 4.78 is 15.9. The molecule has 0 bridgehead atoms. The zero-order valence-corrected chi connectivity index (χ0v) is 14.7. The highest BCUT2D eigenvalue weighted by Crippen LogP contribution is 2.29. The van der Waals surface area contributed by atoms with Gasteiger partial charge in [-0.2, -0.15) is 0 Å². The van der Waals surface area contributed by atoms with Crippen LogP contribution in [-0.4, -0.2) is 53.4 Å². The van der Waals surface area contributed by atoms with E-state index in [1.54, 1.807) is 41.5 Å². The molecular weight excluding hydrogens is 304 g/mol. The molecule has 4 atom stereocenters. The van der Waals surface area contributed by atoms with Gasteiger partial charge in [0.15, 0.2) is 12.4 Å². The summed E-state index contributed by atoms with van der Waals surface area (Å²) in [6.45, 7) is 9.80. The highest BCUT2D eigenvalue weighted by Gasteiger charge is 2.45. The lowest BCUT2D eigenvalue weighted by Gasteiger charge is -2.39. The molecule has 1 fully saturated rings. The van der Waals surface area contributed by atoms with Crippen LogP contribution in [0.2, 0.25) is 0 Å². The van der Waals surface area contributed by atoms with Gasteiger partial charge in [0.2, 0.25) is 0 Å². The van der Waals surface area contributed by atoms with E-state index < -0.39 is 47.4 Å². The third-order valence-corrected chi connectivity index (χ3v) is 3.40. The van der Waals surface area contributed by atoms with Crippen LogP contribution in [0.5, 0.6) is 0 Å². The first-order chi connectivity index (χ1) is 10.4. The lowest BCUT2D eigenvalue weighted by Crippen LogP contribution is -2.54. The number of aliphatic hydroxyl groups is 2. The van der Waals surface area contributed by atoms with Gasteiger partial charge in [0.05, 0.1) is 23.5 Å². The molecule has 23 heavy (non-hydrogen) atoms. The summed E-state index contributed by atoms with van der Waals surface area (Å²) in [5, 5.41) is 19.3. The first-order valence-corrected chi connectivity index (χ1v) is 7.73. The Hall–Kier alpha value is -1.18. The van der Waals surface area contributed by atoms with Gasteiger partial charge in [-0.15, -0.1) is 0 Å². The Morgan fingerprint density at radius 3 is 1.96 bits per heavy atom. The van der Waals surface area contributed by atoms with Crippen molar-refractivity contribution in [2.75, 3.05) is 6.61 Å². The second kappa shape index (κ2) is 7.15. The van der Waals surface area contributed by atoms with E-state index in [-0.39, 0.29) is 13.0 Å². The predicted molar refractivity (Wildman–Crippen MR) is 81.3 cm³/mol. The lowest BCUT2D eigenvalue weighted by atomic mass is 9.95. The van der Waals surface area contributed by atoms with Gasteiger partial charge in [-0.25, -0.2) is 0 Å². The van der Waals surface area contributed by atoms with Gasteiger partial charge in [0.1, 0.15) is 6.10 Å². The molecule has 1 saturated heterocycles. The van der Waals surface area contributed by atoms with Crippen molar-refractivity contribution < 1.29 is 34.0 Å². The van der Waals surface area contributed by atoms with E-state index in [1.165, 1.54) is 0 Å².